The third kappa shape index (κ3) is 3.94. The Bertz CT molecular complexity index is 1190. The molecule has 1 amide bonds. The summed E-state index contributed by atoms with van der Waals surface area (Å²) in [5.41, 5.74) is 4.50. The molecular weight excluding hydrogens is 379 g/mol. The van der Waals surface area contributed by atoms with E-state index in [0.29, 0.717) is 22.6 Å². The Morgan fingerprint density at radius 2 is 1.70 bits per heavy atom. The van der Waals surface area contributed by atoms with Gasteiger partial charge in [0.1, 0.15) is 0 Å². The predicted molar refractivity (Wildman–Crippen MR) is 115 cm³/mol. The van der Waals surface area contributed by atoms with Gasteiger partial charge in [-0.3, -0.25) is 4.79 Å². The van der Waals surface area contributed by atoms with Gasteiger partial charge in [0.25, 0.3) is 5.91 Å². The van der Waals surface area contributed by atoms with Crippen LogP contribution in [0.1, 0.15) is 42.4 Å². The van der Waals surface area contributed by atoms with E-state index in [0.717, 1.165) is 5.56 Å². The van der Waals surface area contributed by atoms with Gasteiger partial charge in [0.05, 0.1) is 17.9 Å². The van der Waals surface area contributed by atoms with Gasteiger partial charge >= 0.3 is 0 Å². The molecule has 0 aliphatic heterocycles. The van der Waals surface area contributed by atoms with E-state index >= 15 is 0 Å². The fourth-order valence-electron chi connectivity index (χ4n) is 3.33. The summed E-state index contributed by atoms with van der Waals surface area (Å²) in [5, 5.41) is 6.86. The first-order valence-corrected chi connectivity index (χ1v) is 9.81. The average molecular weight is 402 g/mol. The van der Waals surface area contributed by atoms with Gasteiger partial charge in [-0.2, -0.15) is 4.39 Å². The predicted octanol–water partition coefficient (Wildman–Crippen LogP) is 4.76. The van der Waals surface area contributed by atoms with Crippen molar-refractivity contribution in [2.24, 2.45) is 0 Å². The Hall–Kier alpha value is -3.54. The van der Waals surface area contributed by atoms with Crippen molar-refractivity contribution in [2.45, 2.75) is 32.7 Å². The molecule has 5 nitrogen and oxygen atoms in total. The summed E-state index contributed by atoms with van der Waals surface area (Å²) in [7, 11) is 0. The molecule has 2 aromatic heterocycles. The molecule has 0 spiro atoms. The topological polar surface area (TPSA) is 59.3 Å². The summed E-state index contributed by atoms with van der Waals surface area (Å²) in [5.74, 6) is -0.818. The summed E-state index contributed by atoms with van der Waals surface area (Å²) in [6.45, 7) is 6.64. The zero-order valence-electron chi connectivity index (χ0n) is 17.2. The van der Waals surface area contributed by atoms with Crippen molar-refractivity contribution in [2.75, 3.05) is 0 Å². The van der Waals surface area contributed by atoms with Crippen LogP contribution in [-0.4, -0.2) is 20.5 Å². The maximum absolute atomic E-state index is 13.8. The lowest BCUT2D eigenvalue weighted by Crippen LogP contribution is -2.24. The maximum Gasteiger partial charge on any atom is 0.251 e. The number of aromatic nitrogens is 3. The third-order valence-electron chi connectivity index (χ3n) is 5.01. The number of halogens is 1. The van der Waals surface area contributed by atoms with Gasteiger partial charge in [-0.1, -0.05) is 63.2 Å². The second-order valence-electron chi connectivity index (χ2n) is 8.21. The molecule has 0 unspecified atom stereocenters. The van der Waals surface area contributed by atoms with Gasteiger partial charge in [-0.25, -0.2) is 9.50 Å². The summed E-state index contributed by atoms with van der Waals surface area (Å²) in [6, 6.07) is 20.0. The van der Waals surface area contributed by atoms with Crippen molar-refractivity contribution >= 4 is 11.6 Å². The molecule has 0 aliphatic rings. The Balaban J connectivity index is 1.72. The minimum atomic E-state index is -0.606. The van der Waals surface area contributed by atoms with Gasteiger partial charge in [-0.15, -0.1) is 5.10 Å². The van der Waals surface area contributed by atoms with Gasteiger partial charge in [-0.05, 0) is 35.2 Å². The molecule has 2 heterocycles. The van der Waals surface area contributed by atoms with Gasteiger partial charge in [0.15, 0.2) is 5.65 Å². The lowest BCUT2D eigenvalue weighted by Gasteiger charge is -2.19. The summed E-state index contributed by atoms with van der Waals surface area (Å²) in [4.78, 5) is 17.2. The van der Waals surface area contributed by atoms with E-state index < -0.39 is 5.95 Å². The average Bonchev–Trinajstić information content (AvgIpc) is 3.09. The van der Waals surface area contributed by atoms with Crippen LogP contribution in [0.4, 0.5) is 4.39 Å². The summed E-state index contributed by atoms with van der Waals surface area (Å²) in [6.07, 6.45) is 0. The zero-order chi connectivity index (χ0) is 21.3. The van der Waals surface area contributed by atoms with Gasteiger partial charge in [0, 0.05) is 11.1 Å². The highest BCUT2D eigenvalue weighted by atomic mass is 19.1. The SMILES string of the molecule is CC(C)(C)c1ccc(-c2nc3ccc(F)nn3c2CNC(=O)c2ccccc2)cc1. The second kappa shape index (κ2) is 7.71. The van der Waals surface area contributed by atoms with E-state index in [1.165, 1.54) is 16.1 Å². The molecular formula is C24H23FN4O. The number of carbonyl (C=O) groups is 1. The minimum Gasteiger partial charge on any atom is -0.346 e. The fourth-order valence-corrected chi connectivity index (χ4v) is 3.33. The highest BCUT2D eigenvalue weighted by molar-refractivity contribution is 5.94. The van der Waals surface area contributed by atoms with Crippen LogP contribution < -0.4 is 5.32 Å². The largest absolute Gasteiger partial charge is 0.346 e. The normalized spacial score (nSPS) is 11.6. The van der Waals surface area contributed by atoms with Crippen LogP contribution in [0.5, 0.6) is 0 Å². The molecule has 4 aromatic rings. The number of fused-ring (bicyclic) bond motifs is 1. The molecule has 0 atom stereocenters. The number of hydrogen-bond acceptors (Lipinski definition) is 3. The van der Waals surface area contributed by atoms with E-state index in [1.807, 2.05) is 30.3 Å². The third-order valence-corrected chi connectivity index (χ3v) is 5.01. The molecule has 152 valence electrons. The summed E-state index contributed by atoms with van der Waals surface area (Å²) < 4.78 is 15.3. The van der Waals surface area contributed by atoms with E-state index in [-0.39, 0.29) is 17.9 Å². The Labute approximate surface area is 174 Å². The molecule has 6 heteroatoms. The highest BCUT2D eigenvalue weighted by Crippen LogP contribution is 2.28. The molecule has 4 rings (SSSR count). The molecule has 0 saturated carbocycles. The molecule has 0 bridgehead atoms. The Kier molecular flexibility index (Phi) is 5.08. The molecule has 2 aromatic carbocycles. The van der Waals surface area contributed by atoms with E-state index in [9.17, 15) is 9.18 Å². The molecule has 30 heavy (non-hydrogen) atoms. The number of hydrogen-bond donors (Lipinski definition) is 1. The van der Waals surface area contributed by atoms with Crippen molar-refractivity contribution in [1.82, 2.24) is 19.9 Å². The second-order valence-corrected chi connectivity index (χ2v) is 8.21. The Morgan fingerprint density at radius 1 is 1.00 bits per heavy atom. The van der Waals surface area contributed by atoms with Gasteiger partial charge < -0.3 is 5.32 Å². The number of amides is 1. The van der Waals surface area contributed by atoms with Crippen LogP contribution in [-0.2, 0) is 12.0 Å². The monoisotopic (exact) mass is 402 g/mol. The van der Waals surface area contributed by atoms with E-state index in [1.54, 1.807) is 18.2 Å². The van der Waals surface area contributed by atoms with Crippen molar-refractivity contribution in [3.05, 3.63) is 89.5 Å². The first kappa shape index (κ1) is 19.8. The smallest absolute Gasteiger partial charge is 0.251 e. The fraction of sp³-hybridized carbons (Fsp3) is 0.208. The van der Waals surface area contributed by atoms with Crippen LogP contribution in [0, 0.1) is 5.95 Å². The molecule has 0 radical (unpaired) electrons. The van der Waals surface area contributed by atoms with Gasteiger partial charge in [0.2, 0.25) is 5.95 Å². The molecule has 1 N–H and O–H groups in total. The lowest BCUT2D eigenvalue weighted by atomic mass is 9.86. The van der Waals surface area contributed by atoms with Crippen LogP contribution in [0.3, 0.4) is 0 Å². The number of nitrogens with zero attached hydrogens (tertiary/aromatic N) is 3. The zero-order valence-corrected chi connectivity index (χ0v) is 17.2. The van der Waals surface area contributed by atoms with Crippen LogP contribution in [0.15, 0.2) is 66.7 Å². The molecule has 0 saturated heterocycles. The lowest BCUT2D eigenvalue weighted by molar-refractivity contribution is 0.0950. The highest BCUT2D eigenvalue weighted by Gasteiger charge is 2.18. The summed E-state index contributed by atoms with van der Waals surface area (Å²) >= 11 is 0. The standard InChI is InChI=1S/C24H23FN4O/c1-24(2,3)18-11-9-16(10-12-18)22-19(29-21(27-22)14-13-20(25)28-29)15-26-23(30)17-7-5-4-6-8-17/h4-14H,15H2,1-3H3,(H,26,30). The van der Waals surface area contributed by atoms with Crippen molar-refractivity contribution in [3.8, 4) is 11.3 Å². The first-order valence-electron chi connectivity index (χ1n) is 9.81. The molecule has 0 aliphatic carbocycles. The van der Waals surface area contributed by atoms with Crippen LogP contribution in [0.2, 0.25) is 0 Å². The minimum absolute atomic E-state index is 0.0363. The van der Waals surface area contributed by atoms with E-state index in [4.69, 9.17) is 0 Å². The van der Waals surface area contributed by atoms with E-state index in [2.05, 4.69) is 48.3 Å². The number of imidazole rings is 1. The van der Waals surface area contributed by atoms with Crippen molar-refractivity contribution in [3.63, 3.8) is 0 Å². The van der Waals surface area contributed by atoms with Crippen LogP contribution in [0.25, 0.3) is 16.9 Å². The van der Waals surface area contributed by atoms with Crippen molar-refractivity contribution in [1.29, 1.82) is 0 Å². The number of benzene rings is 2. The van der Waals surface area contributed by atoms with Crippen LogP contribution >= 0.6 is 0 Å². The molecule has 0 fully saturated rings. The van der Waals surface area contributed by atoms with Crippen molar-refractivity contribution < 1.29 is 9.18 Å². The quantitative estimate of drug-likeness (QED) is 0.535. The number of nitrogens with one attached hydrogen (secondary N) is 1. The first-order chi connectivity index (χ1) is 14.3. The number of rotatable bonds is 4. The number of carbonyl (C=O) groups excluding carboxylic acids is 1. The Morgan fingerprint density at radius 3 is 2.37 bits per heavy atom. The maximum atomic E-state index is 13.8.